The quantitative estimate of drug-likeness (QED) is 0.864. The summed E-state index contributed by atoms with van der Waals surface area (Å²) in [4.78, 5) is 14.2. The first kappa shape index (κ1) is 17.9. The standard InChI is InChI=1S/C20H24N2O4/c1-3-22(13-17-14-25-18-6-4-5-7-19(18)26-17)20(23)21-12-15-8-10-16(24-2)11-9-15/h4-11,17H,3,12-14H2,1-2H3,(H,21,23)/t17-/m0/s1. The molecule has 0 saturated carbocycles. The number of rotatable bonds is 6. The molecule has 0 spiro atoms. The van der Waals surface area contributed by atoms with Gasteiger partial charge in [-0.3, -0.25) is 0 Å². The van der Waals surface area contributed by atoms with Crippen molar-refractivity contribution >= 4 is 6.03 Å². The fraction of sp³-hybridized carbons (Fsp3) is 0.350. The van der Waals surface area contributed by atoms with E-state index in [1.54, 1.807) is 12.0 Å². The molecule has 0 bridgehead atoms. The Kier molecular flexibility index (Phi) is 5.84. The highest BCUT2D eigenvalue weighted by Gasteiger charge is 2.24. The first-order valence-electron chi connectivity index (χ1n) is 8.73. The van der Waals surface area contributed by atoms with Gasteiger partial charge in [0.05, 0.1) is 13.7 Å². The van der Waals surface area contributed by atoms with E-state index in [4.69, 9.17) is 14.2 Å². The number of nitrogens with zero attached hydrogens (tertiary/aromatic N) is 1. The van der Waals surface area contributed by atoms with Crippen molar-refractivity contribution < 1.29 is 19.0 Å². The van der Waals surface area contributed by atoms with Crippen molar-refractivity contribution in [2.24, 2.45) is 0 Å². The van der Waals surface area contributed by atoms with Crippen LogP contribution >= 0.6 is 0 Å². The summed E-state index contributed by atoms with van der Waals surface area (Å²) in [7, 11) is 1.63. The lowest BCUT2D eigenvalue weighted by Crippen LogP contribution is -2.47. The van der Waals surface area contributed by atoms with Gasteiger partial charge >= 0.3 is 6.03 Å². The van der Waals surface area contributed by atoms with Crippen molar-refractivity contribution in [2.45, 2.75) is 19.6 Å². The molecule has 3 rings (SSSR count). The number of likely N-dealkylation sites (N-methyl/N-ethyl adjacent to an activating group) is 1. The maximum absolute atomic E-state index is 12.5. The van der Waals surface area contributed by atoms with E-state index in [0.717, 1.165) is 22.8 Å². The highest BCUT2D eigenvalue weighted by molar-refractivity contribution is 5.74. The van der Waals surface area contributed by atoms with E-state index in [9.17, 15) is 4.79 Å². The predicted molar refractivity (Wildman–Crippen MR) is 98.8 cm³/mol. The second kappa shape index (κ2) is 8.47. The van der Waals surface area contributed by atoms with Crippen LogP contribution < -0.4 is 19.5 Å². The third-order valence-corrected chi connectivity index (χ3v) is 4.26. The van der Waals surface area contributed by atoms with Gasteiger partial charge in [-0.2, -0.15) is 0 Å². The number of ether oxygens (including phenoxy) is 3. The summed E-state index contributed by atoms with van der Waals surface area (Å²) >= 11 is 0. The molecule has 0 radical (unpaired) electrons. The molecule has 0 fully saturated rings. The van der Waals surface area contributed by atoms with Gasteiger partial charge in [-0.25, -0.2) is 4.79 Å². The van der Waals surface area contributed by atoms with Crippen molar-refractivity contribution in [3.05, 3.63) is 54.1 Å². The Hall–Kier alpha value is -2.89. The van der Waals surface area contributed by atoms with E-state index in [0.29, 0.717) is 26.2 Å². The highest BCUT2D eigenvalue weighted by Crippen LogP contribution is 2.31. The Morgan fingerprint density at radius 3 is 2.62 bits per heavy atom. The summed E-state index contributed by atoms with van der Waals surface area (Å²) in [5, 5.41) is 2.95. The number of amides is 2. The molecule has 6 nitrogen and oxygen atoms in total. The van der Waals surface area contributed by atoms with Crippen LogP contribution in [0.15, 0.2) is 48.5 Å². The Morgan fingerprint density at radius 1 is 1.19 bits per heavy atom. The summed E-state index contributed by atoms with van der Waals surface area (Å²) in [6.45, 7) is 3.91. The maximum Gasteiger partial charge on any atom is 0.317 e. The number of methoxy groups -OCH3 is 1. The van der Waals surface area contributed by atoms with Gasteiger partial charge in [0.2, 0.25) is 0 Å². The molecule has 1 N–H and O–H groups in total. The average molecular weight is 356 g/mol. The number of hydrogen-bond donors (Lipinski definition) is 1. The van der Waals surface area contributed by atoms with Crippen LogP contribution in [0.1, 0.15) is 12.5 Å². The van der Waals surface area contributed by atoms with Crippen LogP contribution in [0, 0.1) is 0 Å². The molecule has 2 amide bonds. The van der Waals surface area contributed by atoms with Gasteiger partial charge < -0.3 is 24.4 Å². The monoisotopic (exact) mass is 356 g/mol. The topological polar surface area (TPSA) is 60.0 Å². The molecular weight excluding hydrogens is 332 g/mol. The maximum atomic E-state index is 12.5. The van der Waals surface area contributed by atoms with Gasteiger partial charge in [0.15, 0.2) is 17.6 Å². The molecule has 0 unspecified atom stereocenters. The molecule has 138 valence electrons. The molecule has 0 saturated heterocycles. The molecule has 2 aromatic carbocycles. The number of nitrogens with one attached hydrogen (secondary N) is 1. The first-order chi connectivity index (χ1) is 12.7. The third kappa shape index (κ3) is 4.39. The Bertz CT molecular complexity index is 733. The third-order valence-electron chi connectivity index (χ3n) is 4.26. The minimum atomic E-state index is -0.184. The van der Waals surface area contributed by atoms with Gasteiger partial charge in [0.25, 0.3) is 0 Å². The van der Waals surface area contributed by atoms with E-state index in [2.05, 4.69) is 5.32 Å². The summed E-state index contributed by atoms with van der Waals surface area (Å²) in [6.07, 6.45) is -0.184. The van der Waals surface area contributed by atoms with E-state index in [1.165, 1.54) is 0 Å². The lowest BCUT2D eigenvalue weighted by atomic mass is 10.2. The number of hydrogen-bond acceptors (Lipinski definition) is 4. The normalized spacial score (nSPS) is 15.2. The minimum Gasteiger partial charge on any atom is -0.497 e. The zero-order valence-corrected chi connectivity index (χ0v) is 15.1. The van der Waals surface area contributed by atoms with Crippen LogP contribution in [0.2, 0.25) is 0 Å². The number of benzene rings is 2. The molecule has 6 heteroatoms. The van der Waals surface area contributed by atoms with Gasteiger partial charge in [-0.05, 0) is 36.8 Å². The van der Waals surface area contributed by atoms with E-state index in [1.807, 2.05) is 55.5 Å². The number of carbonyl (C=O) groups excluding carboxylic acids is 1. The summed E-state index contributed by atoms with van der Waals surface area (Å²) in [5.74, 6) is 2.26. The van der Waals surface area contributed by atoms with Crippen LogP contribution in [0.3, 0.4) is 0 Å². The summed E-state index contributed by atoms with van der Waals surface area (Å²) in [5.41, 5.74) is 1.02. The Balaban J connectivity index is 1.52. The van der Waals surface area contributed by atoms with Crippen molar-refractivity contribution in [1.82, 2.24) is 10.2 Å². The van der Waals surface area contributed by atoms with Crippen molar-refractivity contribution in [2.75, 3.05) is 26.8 Å². The largest absolute Gasteiger partial charge is 0.497 e. The highest BCUT2D eigenvalue weighted by atomic mass is 16.6. The molecule has 1 aliphatic rings. The van der Waals surface area contributed by atoms with Gasteiger partial charge in [0, 0.05) is 13.1 Å². The van der Waals surface area contributed by atoms with Crippen LogP contribution in [0.5, 0.6) is 17.2 Å². The molecule has 26 heavy (non-hydrogen) atoms. The second-order valence-corrected chi connectivity index (χ2v) is 6.04. The summed E-state index contributed by atoms with van der Waals surface area (Å²) < 4.78 is 16.8. The first-order valence-corrected chi connectivity index (χ1v) is 8.73. The lowest BCUT2D eigenvalue weighted by Gasteiger charge is -2.31. The van der Waals surface area contributed by atoms with Crippen LogP contribution in [-0.2, 0) is 6.54 Å². The van der Waals surface area contributed by atoms with Crippen LogP contribution in [0.25, 0.3) is 0 Å². The average Bonchev–Trinajstić information content (AvgIpc) is 2.70. The second-order valence-electron chi connectivity index (χ2n) is 6.04. The predicted octanol–water partition coefficient (Wildman–Crippen LogP) is 3.07. The van der Waals surface area contributed by atoms with E-state index >= 15 is 0 Å². The van der Waals surface area contributed by atoms with Crippen molar-refractivity contribution in [3.8, 4) is 17.2 Å². The summed E-state index contributed by atoms with van der Waals surface area (Å²) in [6, 6.07) is 15.1. The minimum absolute atomic E-state index is 0.120. The SMILES string of the molecule is CCN(C[C@H]1COc2ccccc2O1)C(=O)NCc1ccc(OC)cc1. The molecule has 1 atom stereocenters. The van der Waals surface area contributed by atoms with Gasteiger partial charge in [-0.15, -0.1) is 0 Å². The lowest BCUT2D eigenvalue weighted by molar-refractivity contribution is 0.0675. The fourth-order valence-electron chi connectivity index (χ4n) is 2.79. The zero-order valence-electron chi connectivity index (χ0n) is 15.1. The van der Waals surface area contributed by atoms with Gasteiger partial charge in [0.1, 0.15) is 12.4 Å². The number of para-hydroxylation sites is 2. The number of urea groups is 1. The molecule has 1 aliphatic heterocycles. The Morgan fingerprint density at radius 2 is 1.92 bits per heavy atom. The van der Waals surface area contributed by atoms with Crippen molar-refractivity contribution in [1.29, 1.82) is 0 Å². The number of fused-ring (bicyclic) bond motifs is 1. The van der Waals surface area contributed by atoms with E-state index < -0.39 is 0 Å². The molecule has 1 heterocycles. The molecule has 0 aliphatic carbocycles. The van der Waals surface area contributed by atoms with Crippen LogP contribution in [0.4, 0.5) is 4.79 Å². The van der Waals surface area contributed by atoms with Crippen LogP contribution in [-0.4, -0.2) is 43.8 Å². The van der Waals surface area contributed by atoms with Crippen molar-refractivity contribution in [3.63, 3.8) is 0 Å². The Labute approximate surface area is 153 Å². The molecule has 2 aromatic rings. The van der Waals surface area contributed by atoms with Gasteiger partial charge in [-0.1, -0.05) is 24.3 Å². The molecule has 0 aromatic heterocycles. The molecular formula is C20H24N2O4. The fourth-order valence-corrected chi connectivity index (χ4v) is 2.79. The smallest absolute Gasteiger partial charge is 0.317 e. The van der Waals surface area contributed by atoms with E-state index in [-0.39, 0.29) is 12.1 Å². The number of carbonyl (C=O) groups is 1. The zero-order chi connectivity index (χ0) is 18.4.